The first-order valence-electron chi connectivity index (χ1n) is 7.46. The predicted octanol–water partition coefficient (Wildman–Crippen LogP) is 2.88. The fourth-order valence-corrected chi connectivity index (χ4v) is 2.62. The van der Waals surface area contributed by atoms with Gasteiger partial charge in [0.05, 0.1) is 0 Å². The molecule has 4 nitrogen and oxygen atoms in total. The molecule has 1 N–H and O–H groups in total. The van der Waals surface area contributed by atoms with E-state index in [2.05, 4.69) is 12.2 Å². The van der Waals surface area contributed by atoms with Crippen LogP contribution in [0, 0.1) is 11.8 Å². The van der Waals surface area contributed by atoms with Crippen molar-refractivity contribution in [3.63, 3.8) is 0 Å². The lowest BCUT2D eigenvalue weighted by atomic mass is 9.90. The van der Waals surface area contributed by atoms with Crippen LogP contribution < -0.4 is 5.32 Å². The van der Waals surface area contributed by atoms with Gasteiger partial charge in [-0.2, -0.15) is 0 Å². The Morgan fingerprint density at radius 2 is 2.11 bits per heavy atom. The van der Waals surface area contributed by atoms with E-state index in [1.165, 1.54) is 12.8 Å². The smallest absolute Gasteiger partial charge is 0.410 e. The first-order chi connectivity index (χ1) is 8.83. The minimum absolute atomic E-state index is 0.156. The van der Waals surface area contributed by atoms with E-state index in [4.69, 9.17) is 4.74 Å². The summed E-state index contributed by atoms with van der Waals surface area (Å²) in [6.45, 7) is 10.7. The van der Waals surface area contributed by atoms with Crippen molar-refractivity contribution >= 4 is 6.09 Å². The molecule has 1 amide bonds. The van der Waals surface area contributed by atoms with Gasteiger partial charge in [-0.1, -0.05) is 13.3 Å². The zero-order chi connectivity index (χ0) is 14.5. The van der Waals surface area contributed by atoms with Gasteiger partial charge in [0.2, 0.25) is 0 Å². The van der Waals surface area contributed by atoms with Crippen LogP contribution in [0.1, 0.15) is 47.0 Å². The molecular weight excluding hydrogens is 240 g/mol. The number of likely N-dealkylation sites (tertiary alicyclic amines) is 1. The number of amides is 1. The Bertz CT molecular complexity index is 286. The molecule has 1 aliphatic rings. The van der Waals surface area contributed by atoms with Crippen LogP contribution in [-0.4, -0.2) is 43.3 Å². The lowest BCUT2D eigenvalue weighted by Crippen LogP contribution is -2.40. The summed E-state index contributed by atoms with van der Waals surface area (Å²) in [5, 5.41) is 3.23. The molecule has 19 heavy (non-hydrogen) atoms. The van der Waals surface area contributed by atoms with Crippen molar-refractivity contribution in [2.75, 3.05) is 26.7 Å². The number of rotatable bonds is 3. The molecule has 0 saturated carbocycles. The lowest BCUT2D eigenvalue weighted by molar-refractivity contribution is 0.0220. The predicted molar refractivity (Wildman–Crippen MR) is 78.2 cm³/mol. The van der Waals surface area contributed by atoms with Crippen molar-refractivity contribution < 1.29 is 9.53 Å². The van der Waals surface area contributed by atoms with Gasteiger partial charge < -0.3 is 15.0 Å². The quantitative estimate of drug-likeness (QED) is 0.857. The molecule has 1 saturated heterocycles. The number of hydrogen-bond donors (Lipinski definition) is 1. The third-order valence-corrected chi connectivity index (χ3v) is 3.69. The molecule has 1 heterocycles. The van der Waals surface area contributed by atoms with Crippen LogP contribution in [0.15, 0.2) is 0 Å². The lowest BCUT2D eigenvalue weighted by Gasteiger charge is -2.30. The number of carbonyl (C=O) groups excluding carboxylic acids is 1. The van der Waals surface area contributed by atoms with Crippen molar-refractivity contribution in [3.05, 3.63) is 0 Å². The van der Waals surface area contributed by atoms with Crippen molar-refractivity contribution in [1.29, 1.82) is 0 Å². The number of ether oxygens (including phenoxy) is 1. The Hall–Kier alpha value is -0.770. The number of carbonyl (C=O) groups is 1. The van der Waals surface area contributed by atoms with Crippen molar-refractivity contribution in [2.24, 2.45) is 11.8 Å². The summed E-state index contributed by atoms with van der Waals surface area (Å²) < 4.78 is 5.49. The van der Waals surface area contributed by atoms with Gasteiger partial charge in [0.25, 0.3) is 0 Å². The second kappa shape index (κ2) is 7.13. The standard InChI is InChI=1S/C15H30N2O2/c1-12(10-16-5)13-8-6-7-9-17(11-13)14(18)19-15(2,3)4/h12-13,16H,6-11H2,1-5H3. The van der Waals surface area contributed by atoms with Crippen LogP contribution in [-0.2, 0) is 4.74 Å². The highest BCUT2D eigenvalue weighted by atomic mass is 16.6. The summed E-state index contributed by atoms with van der Waals surface area (Å²) in [4.78, 5) is 14.1. The first-order valence-corrected chi connectivity index (χ1v) is 7.46. The third kappa shape index (κ3) is 5.81. The van der Waals surface area contributed by atoms with Crippen LogP contribution in [0.3, 0.4) is 0 Å². The van der Waals surface area contributed by atoms with Gasteiger partial charge in [-0.25, -0.2) is 4.79 Å². The van der Waals surface area contributed by atoms with Crippen LogP contribution in [0.4, 0.5) is 4.79 Å². The van der Waals surface area contributed by atoms with Gasteiger partial charge in [-0.15, -0.1) is 0 Å². The summed E-state index contributed by atoms with van der Waals surface area (Å²) in [6, 6.07) is 0. The molecule has 0 aromatic rings. The second-order valence-corrected chi connectivity index (χ2v) is 6.72. The van der Waals surface area contributed by atoms with E-state index in [1.54, 1.807) is 0 Å². The largest absolute Gasteiger partial charge is 0.444 e. The zero-order valence-corrected chi connectivity index (χ0v) is 13.2. The van der Waals surface area contributed by atoms with Crippen molar-refractivity contribution in [1.82, 2.24) is 10.2 Å². The normalized spacial score (nSPS) is 22.8. The first kappa shape index (κ1) is 16.3. The minimum Gasteiger partial charge on any atom is -0.444 e. The summed E-state index contributed by atoms with van der Waals surface area (Å²) in [5.41, 5.74) is -0.407. The van der Waals surface area contributed by atoms with Crippen molar-refractivity contribution in [3.8, 4) is 0 Å². The van der Waals surface area contributed by atoms with Gasteiger partial charge in [-0.05, 0) is 59.0 Å². The van der Waals surface area contributed by atoms with E-state index < -0.39 is 5.60 Å². The van der Waals surface area contributed by atoms with E-state index in [1.807, 2.05) is 32.7 Å². The third-order valence-electron chi connectivity index (χ3n) is 3.69. The molecule has 112 valence electrons. The van der Waals surface area contributed by atoms with E-state index in [0.29, 0.717) is 11.8 Å². The molecule has 0 aromatic carbocycles. The molecule has 0 aromatic heterocycles. The van der Waals surface area contributed by atoms with Gasteiger partial charge >= 0.3 is 6.09 Å². The molecule has 2 atom stereocenters. The minimum atomic E-state index is -0.407. The van der Waals surface area contributed by atoms with Crippen LogP contribution in [0.2, 0.25) is 0 Å². The number of nitrogens with one attached hydrogen (secondary N) is 1. The Kier molecular flexibility index (Phi) is 6.11. The average Bonchev–Trinajstić information content (AvgIpc) is 2.52. The maximum absolute atomic E-state index is 12.2. The SMILES string of the molecule is CNCC(C)C1CCCCN(C(=O)OC(C)(C)C)C1. The summed E-state index contributed by atoms with van der Waals surface area (Å²) in [6.07, 6.45) is 3.35. The highest BCUT2D eigenvalue weighted by molar-refractivity contribution is 5.68. The Morgan fingerprint density at radius 3 is 2.68 bits per heavy atom. The summed E-state index contributed by atoms with van der Waals surface area (Å²) in [7, 11) is 1.98. The zero-order valence-electron chi connectivity index (χ0n) is 13.2. The van der Waals surface area contributed by atoms with Crippen LogP contribution in [0.25, 0.3) is 0 Å². The Morgan fingerprint density at radius 1 is 1.42 bits per heavy atom. The molecule has 1 aliphatic heterocycles. The molecule has 0 spiro atoms. The van der Waals surface area contributed by atoms with Gasteiger partial charge in [0, 0.05) is 13.1 Å². The highest BCUT2D eigenvalue weighted by Crippen LogP contribution is 2.24. The molecule has 1 fully saturated rings. The second-order valence-electron chi connectivity index (χ2n) is 6.72. The Balaban J connectivity index is 2.60. The molecule has 0 radical (unpaired) electrons. The van der Waals surface area contributed by atoms with E-state index in [-0.39, 0.29) is 6.09 Å². The monoisotopic (exact) mass is 270 g/mol. The topological polar surface area (TPSA) is 41.6 Å². The van der Waals surface area contributed by atoms with Gasteiger partial charge in [-0.3, -0.25) is 0 Å². The van der Waals surface area contributed by atoms with E-state index >= 15 is 0 Å². The molecule has 0 aliphatic carbocycles. The summed E-state index contributed by atoms with van der Waals surface area (Å²) >= 11 is 0. The number of nitrogens with zero attached hydrogens (tertiary/aromatic N) is 1. The molecule has 1 rings (SSSR count). The van der Waals surface area contributed by atoms with Gasteiger partial charge in [0.1, 0.15) is 5.60 Å². The van der Waals surface area contributed by atoms with Gasteiger partial charge in [0.15, 0.2) is 0 Å². The Labute approximate surface area is 117 Å². The van der Waals surface area contributed by atoms with E-state index in [9.17, 15) is 4.79 Å². The van der Waals surface area contributed by atoms with Crippen LogP contribution >= 0.6 is 0 Å². The molecular formula is C15H30N2O2. The molecule has 4 heteroatoms. The van der Waals surface area contributed by atoms with Crippen LogP contribution in [0.5, 0.6) is 0 Å². The van der Waals surface area contributed by atoms with E-state index in [0.717, 1.165) is 26.1 Å². The maximum atomic E-state index is 12.2. The molecule has 0 bridgehead atoms. The molecule has 2 unspecified atom stereocenters. The fourth-order valence-electron chi connectivity index (χ4n) is 2.62. The van der Waals surface area contributed by atoms with Crippen molar-refractivity contribution in [2.45, 2.75) is 52.6 Å². The fraction of sp³-hybridized carbons (Fsp3) is 0.933. The number of hydrogen-bond acceptors (Lipinski definition) is 3. The maximum Gasteiger partial charge on any atom is 0.410 e. The summed E-state index contributed by atoms with van der Waals surface area (Å²) in [5.74, 6) is 1.16. The highest BCUT2D eigenvalue weighted by Gasteiger charge is 2.28. The average molecular weight is 270 g/mol.